The van der Waals surface area contributed by atoms with Crippen LogP contribution in [-0.4, -0.2) is 11.7 Å². The molecule has 0 aliphatic carbocycles. The van der Waals surface area contributed by atoms with Crippen molar-refractivity contribution < 1.29 is 9.50 Å². The maximum atomic E-state index is 13.2. The second-order valence-corrected chi connectivity index (χ2v) is 4.77. The van der Waals surface area contributed by atoms with Crippen LogP contribution in [-0.2, 0) is 0 Å². The van der Waals surface area contributed by atoms with E-state index in [0.29, 0.717) is 10.6 Å². The molecule has 2 aromatic rings. The van der Waals surface area contributed by atoms with Gasteiger partial charge in [0.15, 0.2) is 0 Å². The smallest absolute Gasteiger partial charge is 0.123 e. The van der Waals surface area contributed by atoms with Gasteiger partial charge in [-0.05, 0) is 29.3 Å². The van der Waals surface area contributed by atoms with E-state index in [1.165, 1.54) is 12.1 Å². The molecule has 100 valence electrons. The number of aliphatic hydroxyl groups excluding tert-OH is 1. The first-order valence-electron chi connectivity index (χ1n) is 6.01. The number of hydrogen-bond donors (Lipinski definition) is 2. The van der Waals surface area contributed by atoms with Gasteiger partial charge in [-0.3, -0.25) is 0 Å². The third kappa shape index (κ3) is 3.13. The maximum Gasteiger partial charge on any atom is 0.123 e. The molecule has 0 heterocycles. The molecule has 4 heteroatoms. The summed E-state index contributed by atoms with van der Waals surface area (Å²) < 4.78 is 13.2. The van der Waals surface area contributed by atoms with Crippen molar-refractivity contribution in [1.82, 2.24) is 0 Å². The van der Waals surface area contributed by atoms with E-state index in [9.17, 15) is 9.50 Å². The Morgan fingerprint density at radius 2 is 1.89 bits per heavy atom. The van der Waals surface area contributed by atoms with Gasteiger partial charge in [0.25, 0.3) is 0 Å². The second kappa shape index (κ2) is 6.15. The van der Waals surface area contributed by atoms with Crippen molar-refractivity contribution in [3.8, 4) is 0 Å². The van der Waals surface area contributed by atoms with Crippen molar-refractivity contribution in [3.05, 3.63) is 70.5 Å². The average molecular weight is 280 g/mol. The molecule has 3 N–H and O–H groups in total. The molecule has 0 amide bonds. The Morgan fingerprint density at radius 3 is 2.53 bits per heavy atom. The van der Waals surface area contributed by atoms with Crippen molar-refractivity contribution in [2.75, 3.05) is 6.54 Å². The Balaban J connectivity index is 2.35. The molecule has 2 unspecified atom stereocenters. The highest BCUT2D eigenvalue weighted by Gasteiger charge is 2.23. The summed E-state index contributed by atoms with van der Waals surface area (Å²) in [6.45, 7) is 0.224. The van der Waals surface area contributed by atoms with Gasteiger partial charge in [-0.15, -0.1) is 0 Å². The number of halogens is 2. The van der Waals surface area contributed by atoms with Crippen molar-refractivity contribution in [2.45, 2.75) is 12.0 Å². The molecule has 2 nitrogen and oxygen atoms in total. The summed E-state index contributed by atoms with van der Waals surface area (Å²) in [5, 5.41) is 10.9. The number of aliphatic hydroxyl groups is 1. The zero-order valence-corrected chi connectivity index (χ0v) is 11.0. The van der Waals surface area contributed by atoms with Gasteiger partial charge in [0.05, 0.1) is 6.10 Å². The Morgan fingerprint density at radius 1 is 1.16 bits per heavy atom. The summed E-state index contributed by atoms with van der Waals surface area (Å²) in [7, 11) is 0. The van der Waals surface area contributed by atoms with Gasteiger partial charge in [0, 0.05) is 17.5 Å². The lowest BCUT2D eigenvalue weighted by molar-refractivity contribution is 0.147. The molecule has 0 saturated heterocycles. The van der Waals surface area contributed by atoms with Crippen LogP contribution in [0.15, 0.2) is 48.5 Å². The fourth-order valence-electron chi connectivity index (χ4n) is 2.12. The Hall–Kier alpha value is -1.42. The van der Waals surface area contributed by atoms with E-state index >= 15 is 0 Å². The lowest BCUT2D eigenvalue weighted by Gasteiger charge is -2.23. The second-order valence-electron chi connectivity index (χ2n) is 4.36. The first-order chi connectivity index (χ1) is 9.13. The number of benzene rings is 2. The van der Waals surface area contributed by atoms with E-state index in [2.05, 4.69) is 0 Å². The number of nitrogens with two attached hydrogens (primary N) is 1. The highest BCUT2D eigenvalue weighted by Crippen LogP contribution is 2.34. The molecule has 0 aliphatic rings. The van der Waals surface area contributed by atoms with Crippen LogP contribution in [0.5, 0.6) is 0 Å². The minimum absolute atomic E-state index is 0.224. The quantitative estimate of drug-likeness (QED) is 0.902. The predicted octanol–water partition coefficient (Wildman–Crippen LogP) is 3.26. The van der Waals surface area contributed by atoms with Gasteiger partial charge in [-0.25, -0.2) is 4.39 Å². The molecule has 0 radical (unpaired) electrons. The molecule has 0 aromatic heterocycles. The van der Waals surface area contributed by atoms with E-state index in [1.807, 2.05) is 18.2 Å². The highest BCUT2D eigenvalue weighted by molar-refractivity contribution is 6.31. The summed E-state index contributed by atoms with van der Waals surface area (Å²) in [6.07, 6.45) is -0.888. The summed E-state index contributed by atoms with van der Waals surface area (Å²) in [6, 6.07) is 13.1. The van der Waals surface area contributed by atoms with Gasteiger partial charge in [0.1, 0.15) is 5.82 Å². The van der Waals surface area contributed by atoms with Gasteiger partial charge < -0.3 is 10.8 Å². The Labute approximate surface area is 116 Å². The molecule has 2 atom stereocenters. The van der Waals surface area contributed by atoms with E-state index in [4.69, 9.17) is 17.3 Å². The molecule has 19 heavy (non-hydrogen) atoms. The maximum absolute atomic E-state index is 13.2. The topological polar surface area (TPSA) is 46.2 Å². The van der Waals surface area contributed by atoms with E-state index < -0.39 is 6.10 Å². The van der Waals surface area contributed by atoms with Crippen LogP contribution in [0.3, 0.4) is 0 Å². The van der Waals surface area contributed by atoms with Crippen LogP contribution in [0.2, 0.25) is 5.02 Å². The van der Waals surface area contributed by atoms with Crippen LogP contribution in [0.25, 0.3) is 0 Å². The van der Waals surface area contributed by atoms with E-state index in [0.717, 1.165) is 5.56 Å². The van der Waals surface area contributed by atoms with Crippen molar-refractivity contribution in [3.63, 3.8) is 0 Å². The number of rotatable bonds is 4. The molecule has 0 fully saturated rings. The van der Waals surface area contributed by atoms with Crippen LogP contribution in [0.4, 0.5) is 4.39 Å². The molecule has 0 bridgehead atoms. The molecule has 2 aromatic carbocycles. The minimum atomic E-state index is -0.888. The van der Waals surface area contributed by atoms with Crippen LogP contribution in [0, 0.1) is 5.82 Å². The molecule has 0 spiro atoms. The number of hydrogen-bond acceptors (Lipinski definition) is 2. The van der Waals surface area contributed by atoms with Gasteiger partial charge in [-0.1, -0.05) is 41.9 Å². The Bertz CT molecular complexity index is 561. The fourth-order valence-corrected chi connectivity index (χ4v) is 2.40. The Kier molecular flexibility index (Phi) is 4.53. The molecule has 0 saturated carbocycles. The first kappa shape index (κ1) is 14.0. The van der Waals surface area contributed by atoms with Gasteiger partial charge in [-0.2, -0.15) is 0 Å². The molecule has 2 rings (SSSR count). The van der Waals surface area contributed by atoms with Crippen LogP contribution in [0.1, 0.15) is 23.1 Å². The first-order valence-corrected chi connectivity index (χ1v) is 6.39. The van der Waals surface area contributed by atoms with Gasteiger partial charge in [0.2, 0.25) is 0 Å². The predicted molar refractivity (Wildman–Crippen MR) is 74.6 cm³/mol. The largest absolute Gasteiger partial charge is 0.388 e. The molecular weight excluding hydrogens is 265 g/mol. The van der Waals surface area contributed by atoms with Crippen LogP contribution < -0.4 is 5.73 Å². The van der Waals surface area contributed by atoms with Gasteiger partial charge >= 0.3 is 0 Å². The summed E-state index contributed by atoms with van der Waals surface area (Å²) >= 11 is 6.12. The highest BCUT2D eigenvalue weighted by atomic mass is 35.5. The SMILES string of the molecule is NCC(c1ccccc1Cl)C(O)c1cccc(F)c1. The average Bonchev–Trinajstić information content (AvgIpc) is 2.41. The van der Waals surface area contributed by atoms with E-state index in [-0.39, 0.29) is 18.3 Å². The lowest BCUT2D eigenvalue weighted by Crippen LogP contribution is -2.20. The van der Waals surface area contributed by atoms with E-state index in [1.54, 1.807) is 18.2 Å². The summed E-state index contributed by atoms with van der Waals surface area (Å²) in [4.78, 5) is 0. The minimum Gasteiger partial charge on any atom is -0.388 e. The van der Waals surface area contributed by atoms with Crippen molar-refractivity contribution in [1.29, 1.82) is 0 Å². The third-order valence-electron chi connectivity index (χ3n) is 3.13. The van der Waals surface area contributed by atoms with Crippen LogP contribution >= 0.6 is 11.6 Å². The lowest BCUT2D eigenvalue weighted by atomic mass is 9.89. The summed E-state index contributed by atoms with van der Waals surface area (Å²) in [5.74, 6) is -0.748. The monoisotopic (exact) mass is 279 g/mol. The molecule has 0 aliphatic heterocycles. The molecular formula is C15H15ClFNO. The third-order valence-corrected chi connectivity index (χ3v) is 3.47. The summed E-state index contributed by atoms with van der Waals surface area (Å²) in [5.41, 5.74) is 7.00. The normalized spacial score (nSPS) is 14.1. The van der Waals surface area contributed by atoms with Crippen molar-refractivity contribution in [2.24, 2.45) is 5.73 Å². The van der Waals surface area contributed by atoms with Crippen molar-refractivity contribution >= 4 is 11.6 Å². The fraction of sp³-hybridized carbons (Fsp3) is 0.200. The zero-order chi connectivity index (χ0) is 13.8. The standard InChI is InChI=1S/C15H15ClFNO/c16-14-7-2-1-6-12(14)13(9-18)15(19)10-4-3-5-11(17)8-10/h1-8,13,15,19H,9,18H2. The zero-order valence-electron chi connectivity index (χ0n) is 10.3.